The first-order chi connectivity index (χ1) is 17.2. The number of hydrogen-bond acceptors (Lipinski definition) is 6. The minimum Gasteiger partial charge on any atom is -0.487 e. The van der Waals surface area contributed by atoms with Gasteiger partial charge < -0.3 is 25.6 Å². The number of benzene rings is 1. The molecule has 0 unspecified atom stereocenters. The molecule has 37 heavy (non-hydrogen) atoms. The van der Waals surface area contributed by atoms with E-state index in [-0.39, 0.29) is 29.8 Å². The zero-order valence-corrected chi connectivity index (χ0v) is 19.7. The summed E-state index contributed by atoms with van der Waals surface area (Å²) in [6.07, 6.45) is -6.70. The van der Waals surface area contributed by atoms with Crippen LogP contribution in [0.3, 0.4) is 0 Å². The SMILES string of the molecule is C[C@H]1[C@@H](c2ccc(F)c(F)c2O[C@H]2C[C@H](O)C2)[C@H](C(=O)Nc2ccnc(C(N)=O)c2)O[C@@]1(C)C(F)(F)F. The summed E-state index contributed by atoms with van der Waals surface area (Å²) in [4.78, 5) is 28.4. The largest absolute Gasteiger partial charge is 0.487 e. The molecule has 2 aromatic rings. The molecule has 2 amide bonds. The zero-order chi connectivity index (χ0) is 27.3. The molecular formula is C24H24F5N3O5. The number of aromatic nitrogens is 1. The lowest BCUT2D eigenvalue weighted by Crippen LogP contribution is -2.47. The van der Waals surface area contributed by atoms with Gasteiger partial charge in [-0.15, -0.1) is 0 Å². The van der Waals surface area contributed by atoms with Crippen molar-refractivity contribution in [3.05, 3.63) is 53.4 Å². The highest BCUT2D eigenvalue weighted by atomic mass is 19.4. The summed E-state index contributed by atoms with van der Waals surface area (Å²) in [5, 5.41) is 11.9. The van der Waals surface area contributed by atoms with Crippen molar-refractivity contribution in [3.63, 3.8) is 0 Å². The highest BCUT2D eigenvalue weighted by molar-refractivity contribution is 5.97. The van der Waals surface area contributed by atoms with Crippen LogP contribution in [0.25, 0.3) is 0 Å². The van der Waals surface area contributed by atoms with Crippen molar-refractivity contribution < 1.29 is 46.1 Å². The molecule has 200 valence electrons. The number of nitrogens with two attached hydrogens (primary N) is 1. The number of aliphatic hydroxyl groups is 1. The molecule has 1 aromatic heterocycles. The van der Waals surface area contributed by atoms with E-state index in [0.717, 1.165) is 25.1 Å². The first-order valence-electron chi connectivity index (χ1n) is 11.4. The normalized spacial score (nSPS) is 29.5. The van der Waals surface area contributed by atoms with E-state index in [1.165, 1.54) is 19.2 Å². The summed E-state index contributed by atoms with van der Waals surface area (Å²) in [6.45, 7) is 1.97. The van der Waals surface area contributed by atoms with Crippen LogP contribution in [-0.2, 0) is 9.53 Å². The maximum atomic E-state index is 14.9. The molecule has 2 fully saturated rings. The van der Waals surface area contributed by atoms with Gasteiger partial charge in [-0.25, -0.2) is 4.39 Å². The van der Waals surface area contributed by atoms with E-state index >= 15 is 0 Å². The number of halogens is 5. The van der Waals surface area contributed by atoms with Gasteiger partial charge in [0.05, 0.1) is 6.10 Å². The molecule has 4 N–H and O–H groups in total. The van der Waals surface area contributed by atoms with Crippen LogP contribution in [0.1, 0.15) is 48.7 Å². The number of primary amides is 1. The van der Waals surface area contributed by atoms with Crippen molar-refractivity contribution in [2.24, 2.45) is 11.7 Å². The van der Waals surface area contributed by atoms with E-state index < -0.39 is 71.1 Å². The second-order valence-corrected chi connectivity index (χ2v) is 9.39. The van der Waals surface area contributed by atoms with Crippen molar-refractivity contribution in [3.8, 4) is 5.75 Å². The van der Waals surface area contributed by atoms with E-state index in [0.29, 0.717) is 0 Å². The summed E-state index contributed by atoms with van der Waals surface area (Å²) in [6, 6.07) is 4.22. The molecule has 13 heteroatoms. The maximum Gasteiger partial charge on any atom is 0.417 e. The smallest absolute Gasteiger partial charge is 0.417 e. The molecular weight excluding hydrogens is 505 g/mol. The summed E-state index contributed by atoms with van der Waals surface area (Å²) >= 11 is 0. The lowest BCUT2D eigenvalue weighted by molar-refractivity contribution is -0.272. The third-order valence-electron chi connectivity index (χ3n) is 7.00. The molecule has 0 spiro atoms. The molecule has 2 aliphatic rings. The van der Waals surface area contributed by atoms with Gasteiger partial charge in [-0.2, -0.15) is 17.6 Å². The first kappa shape index (κ1) is 26.7. The van der Waals surface area contributed by atoms with Gasteiger partial charge >= 0.3 is 6.18 Å². The number of carbonyl (C=O) groups excluding carboxylic acids is 2. The van der Waals surface area contributed by atoms with Crippen LogP contribution in [0.2, 0.25) is 0 Å². The molecule has 1 saturated heterocycles. The van der Waals surface area contributed by atoms with Crippen molar-refractivity contribution in [1.29, 1.82) is 0 Å². The van der Waals surface area contributed by atoms with Crippen molar-refractivity contribution in [2.75, 3.05) is 5.32 Å². The second kappa shape index (κ2) is 9.53. The molecule has 0 radical (unpaired) electrons. The number of anilines is 1. The maximum absolute atomic E-state index is 14.9. The van der Waals surface area contributed by atoms with Gasteiger partial charge in [0.1, 0.15) is 17.9 Å². The Morgan fingerprint density at radius 1 is 1.24 bits per heavy atom. The van der Waals surface area contributed by atoms with Crippen LogP contribution >= 0.6 is 0 Å². The molecule has 0 bridgehead atoms. The van der Waals surface area contributed by atoms with Crippen LogP contribution in [0.5, 0.6) is 5.75 Å². The number of alkyl halides is 3. The molecule has 1 aliphatic carbocycles. The Kier molecular flexibility index (Phi) is 6.88. The Bertz CT molecular complexity index is 1220. The van der Waals surface area contributed by atoms with E-state index in [4.69, 9.17) is 15.2 Å². The fourth-order valence-corrected chi connectivity index (χ4v) is 4.61. The summed E-state index contributed by atoms with van der Waals surface area (Å²) in [5.41, 5.74) is 1.98. The number of carbonyl (C=O) groups is 2. The average Bonchev–Trinajstić information content (AvgIpc) is 3.08. The lowest BCUT2D eigenvalue weighted by Gasteiger charge is -2.34. The summed E-state index contributed by atoms with van der Waals surface area (Å²) < 4.78 is 82.4. The fraction of sp³-hybridized carbons (Fsp3) is 0.458. The number of aliphatic hydroxyl groups excluding tert-OH is 1. The van der Waals surface area contributed by atoms with E-state index in [2.05, 4.69) is 10.3 Å². The van der Waals surface area contributed by atoms with Gasteiger partial charge in [0.15, 0.2) is 17.2 Å². The van der Waals surface area contributed by atoms with Gasteiger partial charge in [0.2, 0.25) is 5.82 Å². The van der Waals surface area contributed by atoms with Gasteiger partial charge in [0.25, 0.3) is 11.8 Å². The van der Waals surface area contributed by atoms with Gasteiger partial charge in [0, 0.05) is 42.1 Å². The molecule has 1 aliphatic heterocycles. The van der Waals surface area contributed by atoms with E-state index in [1.54, 1.807) is 0 Å². The molecule has 8 nitrogen and oxygen atoms in total. The number of nitrogens with one attached hydrogen (secondary N) is 1. The lowest BCUT2D eigenvalue weighted by atomic mass is 9.76. The minimum atomic E-state index is -4.92. The minimum absolute atomic E-state index is 0.00892. The number of ether oxygens (including phenoxy) is 2. The van der Waals surface area contributed by atoms with E-state index in [9.17, 15) is 36.6 Å². The third-order valence-corrected chi connectivity index (χ3v) is 7.00. The molecule has 1 saturated carbocycles. The topological polar surface area (TPSA) is 124 Å². The van der Waals surface area contributed by atoms with E-state index in [1.807, 2.05) is 0 Å². The predicted octanol–water partition coefficient (Wildman–Crippen LogP) is 3.44. The van der Waals surface area contributed by atoms with Crippen molar-refractivity contribution in [1.82, 2.24) is 4.98 Å². The number of nitrogens with zero attached hydrogens (tertiary/aromatic N) is 1. The molecule has 4 atom stereocenters. The highest BCUT2D eigenvalue weighted by Crippen LogP contribution is 2.55. The molecule has 1 aromatic carbocycles. The summed E-state index contributed by atoms with van der Waals surface area (Å²) in [5.74, 6) is -8.14. The third kappa shape index (κ3) is 4.85. The molecule has 4 rings (SSSR count). The Balaban J connectivity index is 1.75. The van der Waals surface area contributed by atoms with Crippen LogP contribution < -0.4 is 15.8 Å². The zero-order valence-electron chi connectivity index (χ0n) is 19.7. The van der Waals surface area contributed by atoms with Crippen LogP contribution in [0.4, 0.5) is 27.6 Å². The number of pyridine rings is 1. The van der Waals surface area contributed by atoms with Crippen LogP contribution in [0.15, 0.2) is 30.5 Å². The van der Waals surface area contributed by atoms with Crippen LogP contribution in [-0.4, -0.2) is 52.0 Å². The predicted molar refractivity (Wildman–Crippen MR) is 119 cm³/mol. The summed E-state index contributed by atoms with van der Waals surface area (Å²) in [7, 11) is 0. The number of amides is 2. The van der Waals surface area contributed by atoms with Gasteiger partial charge in [-0.05, 0) is 25.1 Å². The average molecular weight is 529 g/mol. The second-order valence-electron chi connectivity index (χ2n) is 9.39. The molecule has 2 heterocycles. The fourth-order valence-electron chi connectivity index (χ4n) is 4.61. The van der Waals surface area contributed by atoms with Gasteiger partial charge in [-0.1, -0.05) is 13.0 Å². The van der Waals surface area contributed by atoms with Crippen molar-refractivity contribution in [2.45, 2.75) is 62.7 Å². The standard InChI is InChI=1S/C24H24F5N3O5/c1-10-17(14-3-4-15(25)18(26)19(14)36-13-8-12(33)9-13)20(37-23(10,2)24(27,28)29)22(35)32-11-5-6-31-16(7-11)21(30)34/h3-7,10,12-13,17,20,33H,8-9H2,1-2H3,(H2,30,34)(H,31,32,35)/t10-,12-,13-,17-,20+,23+/m0/s1. The van der Waals surface area contributed by atoms with Crippen LogP contribution in [0, 0.1) is 17.6 Å². The Labute approximate surface area is 208 Å². The monoisotopic (exact) mass is 529 g/mol. The highest BCUT2D eigenvalue weighted by Gasteiger charge is 2.66. The first-order valence-corrected chi connectivity index (χ1v) is 11.4. The van der Waals surface area contributed by atoms with Crippen molar-refractivity contribution >= 4 is 17.5 Å². The Hall–Kier alpha value is -3.32. The number of rotatable bonds is 6. The Morgan fingerprint density at radius 3 is 2.51 bits per heavy atom. The number of hydrogen-bond donors (Lipinski definition) is 3. The van der Waals surface area contributed by atoms with Gasteiger partial charge in [-0.3, -0.25) is 14.6 Å². The Morgan fingerprint density at radius 2 is 1.92 bits per heavy atom. The quantitative estimate of drug-likeness (QED) is 0.493.